The van der Waals surface area contributed by atoms with E-state index >= 15 is 0 Å². The van der Waals surface area contributed by atoms with E-state index in [4.69, 9.17) is 0 Å². The van der Waals surface area contributed by atoms with Gasteiger partial charge in [-0.1, -0.05) is 24.3 Å². The maximum absolute atomic E-state index is 12.8. The number of aromatic amines is 1. The molecule has 0 aliphatic heterocycles. The maximum atomic E-state index is 12.8. The molecule has 1 aromatic heterocycles. The third-order valence-electron chi connectivity index (χ3n) is 3.61. The minimum atomic E-state index is -3.56. The highest BCUT2D eigenvalue weighted by molar-refractivity contribution is 7.88. The molecular formula is C16H16FN3O3S. The van der Waals surface area contributed by atoms with Crippen LogP contribution in [0.15, 0.2) is 53.3 Å². The Bertz CT molecular complexity index is 1010. The van der Waals surface area contributed by atoms with E-state index in [1.165, 1.54) is 28.8 Å². The van der Waals surface area contributed by atoms with E-state index in [1.807, 2.05) is 12.1 Å². The number of hydrogen-bond donors (Lipinski definition) is 2. The molecule has 0 aliphatic carbocycles. The molecule has 2 aromatic carbocycles. The summed E-state index contributed by atoms with van der Waals surface area (Å²) in [6.45, 7) is 0.302. The van der Waals surface area contributed by atoms with Crippen molar-refractivity contribution < 1.29 is 12.8 Å². The first kappa shape index (κ1) is 16.4. The van der Waals surface area contributed by atoms with Gasteiger partial charge in [0.15, 0.2) is 0 Å². The normalized spacial score (nSPS) is 11.9. The number of rotatable bonds is 6. The van der Waals surface area contributed by atoms with Gasteiger partial charge in [0.1, 0.15) is 5.82 Å². The fourth-order valence-electron chi connectivity index (χ4n) is 2.49. The second kappa shape index (κ2) is 6.58. The van der Waals surface area contributed by atoms with E-state index in [0.29, 0.717) is 11.1 Å². The van der Waals surface area contributed by atoms with Crippen molar-refractivity contribution in [1.29, 1.82) is 0 Å². The zero-order valence-corrected chi connectivity index (χ0v) is 13.5. The Kier molecular flexibility index (Phi) is 4.50. The number of nitrogens with zero attached hydrogens (tertiary/aromatic N) is 1. The first-order valence-electron chi connectivity index (χ1n) is 7.34. The van der Waals surface area contributed by atoms with E-state index in [-0.39, 0.29) is 24.5 Å². The molecule has 0 aliphatic rings. The summed E-state index contributed by atoms with van der Waals surface area (Å²) in [4.78, 5) is 14.6. The Morgan fingerprint density at radius 3 is 2.54 bits per heavy atom. The first-order chi connectivity index (χ1) is 11.4. The third-order valence-corrected chi connectivity index (χ3v) is 4.97. The van der Waals surface area contributed by atoms with Crippen LogP contribution in [0.1, 0.15) is 5.56 Å². The molecular weight excluding hydrogens is 333 g/mol. The van der Waals surface area contributed by atoms with Crippen molar-refractivity contribution in [3.63, 3.8) is 0 Å². The zero-order chi connectivity index (χ0) is 17.2. The van der Waals surface area contributed by atoms with Gasteiger partial charge < -0.3 is 4.98 Å². The molecule has 3 aromatic rings. The number of sulfonamides is 1. The lowest BCUT2D eigenvalue weighted by Crippen LogP contribution is -2.31. The van der Waals surface area contributed by atoms with Crippen LogP contribution in [0, 0.1) is 5.82 Å². The largest absolute Gasteiger partial charge is 0.326 e. The van der Waals surface area contributed by atoms with Crippen molar-refractivity contribution in [2.75, 3.05) is 6.54 Å². The van der Waals surface area contributed by atoms with Gasteiger partial charge in [-0.15, -0.1) is 0 Å². The van der Waals surface area contributed by atoms with E-state index < -0.39 is 15.8 Å². The maximum Gasteiger partial charge on any atom is 0.326 e. The lowest BCUT2D eigenvalue weighted by Gasteiger charge is -2.08. The number of benzene rings is 2. The number of H-pyrrole nitrogens is 1. The standard InChI is InChI=1S/C16H16FN3O3S/c17-13-7-5-12(6-8-13)11-24(22,23)18-9-10-20-15-4-2-1-3-14(15)19-16(20)21/h1-8,18H,9-11H2,(H,19,21). The van der Waals surface area contributed by atoms with Gasteiger partial charge in [0.05, 0.1) is 16.8 Å². The van der Waals surface area contributed by atoms with Crippen LogP contribution in [-0.4, -0.2) is 24.5 Å². The topological polar surface area (TPSA) is 84.0 Å². The Hall–Kier alpha value is -2.45. The fourth-order valence-corrected chi connectivity index (χ4v) is 3.63. The van der Waals surface area contributed by atoms with E-state index in [9.17, 15) is 17.6 Å². The Morgan fingerprint density at radius 1 is 1.08 bits per heavy atom. The summed E-state index contributed by atoms with van der Waals surface area (Å²) in [7, 11) is -3.56. The Balaban J connectivity index is 1.65. The molecule has 8 heteroatoms. The summed E-state index contributed by atoms with van der Waals surface area (Å²) in [6, 6.07) is 12.5. The number of fused-ring (bicyclic) bond motifs is 1. The van der Waals surface area contributed by atoms with Crippen LogP contribution in [0.25, 0.3) is 11.0 Å². The van der Waals surface area contributed by atoms with Crippen LogP contribution >= 0.6 is 0 Å². The molecule has 24 heavy (non-hydrogen) atoms. The summed E-state index contributed by atoms with van der Waals surface area (Å²) in [6.07, 6.45) is 0. The van der Waals surface area contributed by atoms with Crippen molar-refractivity contribution in [3.8, 4) is 0 Å². The number of halogens is 1. The molecule has 0 fully saturated rings. The predicted octanol–water partition coefficient (Wildman–Crippen LogP) is 1.59. The molecule has 0 amide bonds. The van der Waals surface area contributed by atoms with Gasteiger partial charge in [0.2, 0.25) is 10.0 Å². The quantitative estimate of drug-likeness (QED) is 0.709. The molecule has 0 unspecified atom stereocenters. The molecule has 1 heterocycles. The molecule has 6 nitrogen and oxygen atoms in total. The van der Waals surface area contributed by atoms with Crippen LogP contribution in [0.5, 0.6) is 0 Å². The molecule has 0 spiro atoms. The number of nitrogens with one attached hydrogen (secondary N) is 2. The third kappa shape index (κ3) is 3.72. The lowest BCUT2D eigenvalue weighted by atomic mass is 10.2. The highest BCUT2D eigenvalue weighted by Gasteiger charge is 2.12. The van der Waals surface area contributed by atoms with Gasteiger partial charge in [0, 0.05) is 13.1 Å². The van der Waals surface area contributed by atoms with Crippen molar-refractivity contribution in [2.24, 2.45) is 0 Å². The average Bonchev–Trinajstić information content (AvgIpc) is 2.85. The Morgan fingerprint density at radius 2 is 1.79 bits per heavy atom. The first-order valence-corrected chi connectivity index (χ1v) is 8.99. The molecule has 126 valence electrons. The van der Waals surface area contributed by atoms with Crippen LogP contribution in [-0.2, 0) is 22.3 Å². The van der Waals surface area contributed by atoms with Gasteiger partial charge in [-0.05, 0) is 29.8 Å². The fraction of sp³-hybridized carbons (Fsp3) is 0.188. The smallest absolute Gasteiger partial charge is 0.306 e. The molecule has 2 N–H and O–H groups in total. The highest BCUT2D eigenvalue weighted by atomic mass is 32.2. The second-order valence-corrected chi connectivity index (χ2v) is 7.19. The van der Waals surface area contributed by atoms with Gasteiger partial charge in [-0.25, -0.2) is 22.3 Å². The van der Waals surface area contributed by atoms with Crippen molar-refractivity contribution in [1.82, 2.24) is 14.3 Å². The lowest BCUT2D eigenvalue weighted by molar-refractivity contribution is 0.571. The molecule has 0 atom stereocenters. The summed E-state index contributed by atoms with van der Waals surface area (Å²) in [5.74, 6) is -0.654. The zero-order valence-electron chi connectivity index (χ0n) is 12.7. The van der Waals surface area contributed by atoms with Crippen LogP contribution in [0.2, 0.25) is 0 Å². The minimum Gasteiger partial charge on any atom is -0.306 e. The van der Waals surface area contributed by atoms with Gasteiger partial charge in [-0.3, -0.25) is 4.57 Å². The van der Waals surface area contributed by atoms with Crippen molar-refractivity contribution in [3.05, 3.63) is 70.4 Å². The molecule has 0 radical (unpaired) electrons. The molecule has 0 bridgehead atoms. The SMILES string of the molecule is O=c1[nH]c2ccccc2n1CCNS(=O)(=O)Cc1ccc(F)cc1. The number of para-hydroxylation sites is 2. The van der Waals surface area contributed by atoms with Crippen molar-refractivity contribution >= 4 is 21.1 Å². The average molecular weight is 349 g/mol. The summed E-state index contributed by atoms with van der Waals surface area (Å²) in [5, 5.41) is 0. The van der Waals surface area contributed by atoms with Gasteiger partial charge >= 0.3 is 5.69 Å². The number of hydrogen-bond acceptors (Lipinski definition) is 3. The van der Waals surface area contributed by atoms with Gasteiger partial charge in [-0.2, -0.15) is 0 Å². The molecule has 3 rings (SSSR count). The monoisotopic (exact) mass is 349 g/mol. The van der Waals surface area contributed by atoms with E-state index in [1.54, 1.807) is 12.1 Å². The Labute approximate surface area is 138 Å². The summed E-state index contributed by atoms with van der Waals surface area (Å²) >= 11 is 0. The van der Waals surface area contributed by atoms with Gasteiger partial charge in [0.25, 0.3) is 0 Å². The second-order valence-electron chi connectivity index (χ2n) is 5.38. The van der Waals surface area contributed by atoms with Crippen LogP contribution < -0.4 is 10.4 Å². The molecule has 0 saturated carbocycles. The van der Waals surface area contributed by atoms with E-state index in [0.717, 1.165) is 5.52 Å². The molecule has 0 saturated heterocycles. The predicted molar refractivity (Wildman–Crippen MR) is 89.6 cm³/mol. The summed E-state index contributed by atoms with van der Waals surface area (Å²) < 4.78 is 40.9. The summed E-state index contributed by atoms with van der Waals surface area (Å²) in [5.41, 5.74) is 1.64. The number of aromatic nitrogens is 2. The van der Waals surface area contributed by atoms with E-state index in [2.05, 4.69) is 9.71 Å². The van der Waals surface area contributed by atoms with Crippen molar-refractivity contribution in [2.45, 2.75) is 12.3 Å². The van der Waals surface area contributed by atoms with Crippen LogP contribution in [0.3, 0.4) is 0 Å². The minimum absolute atomic E-state index is 0.0886. The number of imidazole rings is 1. The highest BCUT2D eigenvalue weighted by Crippen LogP contribution is 2.09. The van der Waals surface area contributed by atoms with Crippen LogP contribution in [0.4, 0.5) is 4.39 Å².